The summed E-state index contributed by atoms with van der Waals surface area (Å²) in [5, 5.41) is 35.7. The maximum atomic E-state index is 11.1. The molecule has 0 radical (unpaired) electrons. The van der Waals surface area contributed by atoms with Crippen LogP contribution >= 0.6 is 0 Å². The largest absolute Gasteiger partial charge is 0.481 e. The molecule has 0 aliphatic rings. The first-order valence-corrected chi connectivity index (χ1v) is 4.95. The predicted molar refractivity (Wildman–Crippen MR) is 57.2 cm³/mol. The van der Waals surface area contributed by atoms with Crippen LogP contribution < -0.4 is 0 Å². The lowest BCUT2D eigenvalue weighted by molar-refractivity contribution is -0.163. The van der Waals surface area contributed by atoms with E-state index in [0.29, 0.717) is 0 Å². The monoisotopic (exact) mass is 276 g/mol. The second-order valence-electron chi connectivity index (χ2n) is 3.35. The van der Waals surface area contributed by atoms with Crippen LogP contribution in [0.3, 0.4) is 0 Å². The lowest BCUT2D eigenvalue weighted by atomic mass is 9.89. The number of aliphatic carboxylic acids is 3. The number of carboxylic acid groups (broad SMARTS) is 3. The summed E-state index contributed by atoms with van der Waals surface area (Å²) in [4.78, 5) is 43.3. The molecular weight excluding hydrogens is 264 g/mol. The van der Waals surface area contributed by atoms with Crippen LogP contribution in [0.1, 0.15) is 13.3 Å². The van der Waals surface area contributed by atoms with Crippen molar-refractivity contribution in [1.82, 2.24) is 0 Å². The Bertz CT molecular complexity index is 436. The van der Waals surface area contributed by atoms with Crippen LogP contribution in [0.5, 0.6) is 0 Å². The number of aliphatic hydroxyl groups is 1. The van der Waals surface area contributed by atoms with Gasteiger partial charge in [0, 0.05) is 6.08 Å². The van der Waals surface area contributed by atoms with E-state index < -0.39 is 41.5 Å². The second-order valence-corrected chi connectivity index (χ2v) is 3.35. The van der Waals surface area contributed by atoms with E-state index in [1.165, 1.54) is 6.92 Å². The van der Waals surface area contributed by atoms with Gasteiger partial charge in [0.25, 0.3) is 0 Å². The van der Waals surface area contributed by atoms with E-state index in [9.17, 15) is 24.3 Å². The SMILES string of the molecule is CCOC(=O)C=C(C(=O)O)C(O)(CC(=O)O)C(=O)O. The van der Waals surface area contributed by atoms with E-state index in [1.54, 1.807) is 0 Å². The highest BCUT2D eigenvalue weighted by molar-refractivity contribution is 6.04. The highest BCUT2D eigenvalue weighted by Crippen LogP contribution is 2.22. The molecule has 19 heavy (non-hydrogen) atoms. The van der Waals surface area contributed by atoms with Crippen LogP contribution in [0.2, 0.25) is 0 Å². The van der Waals surface area contributed by atoms with Crippen molar-refractivity contribution in [1.29, 1.82) is 0 Å². The topological polar surface area (TPSA) is 158 Å². The Hall–Kier alpha value is -2.42. The molecule has 0 bridgehead atoms. The van der Waals surface area contributed by atoms with Crippen molar-refractivity contribution in [2.75, 3.05) is 6.61 Å². The number of carboxylic acids is 3. The maximum absolute atomic E-state index is 11.1. The molecule has 106 valence electrons. The van der Waals surface area contributed by atoms with Crippen molar-refractivity contribution in [3.05, 3.63) is 11.6 Å². The van der Waals surface area contributed by atoms with Crippen LogP contribution in [0.25, 0.3) is 0 Å². The fourth-order valence-corrected chi connectivity index (χ4v) is 1.16. The lowest BCUT2D eigenvalue weighted by Crippen LogP contribution is -2.45. The molecule has 0 aliphatic heterocycles. The van der Waals surface area contributed by atoms with Gasteiger partial charge in [-0.1, -0.05) is 0 Å². The van der Waals surface area contributed by atoms with Crippen LogP contribution in [0.4, 0.5) is 0 Å². The minimum atomic E-state index is -3.23. The van der Waals surface area contributed by atoms with Crippen LogP contribution in [-0.2, 0) is 23.9 Å². The van der Waals surface area contributed by atoms with Crippen molar-refractivity contribution in [2.45, 2.75) is 18.9 Å². The van der Waals surface area contributed by atoms with Crippen molar-refractivity contribution in [2.24, 2.45) is 0 Å². The van der Waals surface area contributed by atoms with Gasteiger partial charge in [-0.05, 0) is 6.92 Å². The Morgan fingerprint density at radius 1 is 1.16 bits per heavy atom. The molecule has 1 atom stereocenters. The highest BCUT2D eigenvalue weighted by Gasteiger charge is 2.46. The van der Waals surface area contributed by atoms with Gasteiger partial charge in [0.2, 0.25) is 5.60 Å². The molecule has 0 spiro atoms. The third-order valence-corrected chi connectivity index (χ3v) is 1.99. The average Bonchev–Trinajstić information content (AvgIpc) is 2.24. The molecule has 1 unspecified atom stereocenters. The van der Waals surface area contributed by atoms with E-state index in [4.69, 9.17) is 15.3 Å². The van der Waals surface area contributed by atoms with Crippen LogP contribution in [0, 0.1) is 0 Å². The first kappa shape index (κ1) is 16.6. The molecule has 4 N–H and O–H groups in total. The molecule has 0 aliphatic carbocycles. The molecule has 0 saturated carbocycles. The fraction of sp³-hybridized carbons (Fsp3) is 0.400. The van der Waals surface area contributed by atoms with Crippen LogP contribution in [-0.4, -0.2) is 56.5 Å². The number of carbonyl (C=O) groups is 4. The first-order chi connectivity index (χ1) is 8.65. The minimum Gasteiger partial charge on any atom is -0.481 e. The number of esters is 1. The second kappa shape index (κ2) is 6.50. The summed E-state index contributed by atoms with van der Waals surface area (Å²) >= 11 is 0. The Morgan fingerprint density at radius 2 is 1.68 bits per heavy atom. The molecule has 0 aromatic rings. The predicted octanol–water partition coefficient (Wildman–Crippen LogP) is -1.15. The molecule has 0 heterocycles. The van der Waals surface area contributed by atoms with Crippen molar-refractivity contribution in [3.8, 4) is 0 Å². The van der Waals surface area contributed by atoms with E-state index >= 15 is 0 Å². The van der Waals surface area contributed by atoms with Crippen molar-refractivity contribution >= 4 is 23.9 Å². The van der Waals surface area contributed by atoms with E-state index in [-0.39, 0.29) is 12.7 Å². The van der Waals surface area contributed by atoms with E-state index in [2.05, 4.69) is 4.74 Å². The maximum Gasteiger partial charge on any atom is 0.341 e. The summed E-state index contributed by atoms with van der Waals surface area (Å²) < 4.78 is 4.37. The van der Waals surface area contributed by atoms with Crippen molar-refractivity contribution < 1.29 is 44.3 Å². The molecule has 0 aromatic carbocycles. The highest BCUT2D eigenvalue weighted by atomic mass is 16.5. The van der Waals surface area contributed by atoms with Gasteiger partial charge in [-0.3, -0.25) is 4.79 Å². The third kappa shape index (κ3) is 4.39. The molecule has 9 nitrogen and oxygen atoms in total. The summed E-state index contributed by atoms with van der Waals surface area (Å²) in [6.45, 7) is 1.32. The standard InChI is InChI=1S/C10H12O9/c1-2-19-7(13)3-5(8(14)15)10(18,9(16)17)4-6(11)12/h3,18H,2,4H2,1H3,(H,11,12)(H,14,15)(H,16,17). The number of hydrogen-bond donors (Lipinski definition) is 4. The van der Waals surface area contributed by atoms with Gasteiger partial charge >= 0.3 is 23.9 Å². The molecule has 0 fully saturated rings. The van der Waals surface area contributed by atoms with Gasteiger partial charge in [-0.25, -0.2) is 14.4 Å². The normalized spacial score (nSPS) is 14.3. The molecule has 9 heteroatoms. The summed E-state index contributed by atoms with van der Waals surface area (Å²) in [5.41, 5.74) is -4.52. The minimum absolute atomic E-state index is 0.105. The summed E-state index contributed by atoms with van der Waals surface area (Å²) in [7, 11) is 0. The summed E-state index contributed by atoms with van der Waals surface area (Å²) in [6, 6.07) is 0. The van der Waals surface area contributed by atoms with Crippen LogP contribution in [0.15, 0.2) is 11.6 Å². The lowest BCUT2D eigenvalue weighted by Gasteiger charge is -2.21. The molecular formula is C10H12O9. The van der Waals surface area contributed by atoms with Gasteiger partial charge in [0.15, 0.2) is 0 Å². The zero-order valence-corrected chi connectivity index (χ0v) is 9.82. The zero-order valence-electron chi connectivity index (χ0n) is 9.82. The Balaban J connectivity index is 5.67. The third-order valence-electron chi connectivity index (χ3n) is 1.99. The van der Waals surface area contributed by atoms with Gasteiger partial charge < -0.3 is 25.2 Å². The quantitative estimate of drug-likeness (QED) is 0.332. The molecule has 0 aromatic heterocycles. The summed E-state index contributed by atoms with van der Waals surface area (Å²) in [6.07, 6.45) is -1.18. The molecule has 0 amide bonds. The Kier molecular flexibility index (Phi) is 5.67. The van der Waals surface area contributed by atoms with Gasteiger partial charge in [-0.2, -0.15) is 0 Å². The number of ether oxygens (including phenoxy) is 1. The average molecular weight is 276 g/mol. The fourth-order valence-electron chi connectivity index (χ4n) is 1.16. The van der Waals surface area contributed by atoms with E-state index in [0.717, 1.165) is 0 Å². The van der Waals surface area contributed by atoms with Gasteiger partial charge in [-0.15, -0.1) is 0 Å². The Labute approximate surface area is 106 Å². The van der Waals surface area contributed by atoms with Crippen molar-refractivity contribution in [3.63, 3.8) is 0 Å². The first-order valence-electron chi connectivity index (χ1n) is 4.95. The zero-order chi connectivity index (χ0) is 15.2. The number of rotatable bonds is 7. The summed E-state index contributed by atoms with van der Waals surface area (Å²) in [5.74, 6) is -7.00. The number of carbonyl (C=O) groups excluding carboxylic acids is 1. The number of hydrogen-bond acceptors (Lipinski definition) is 6. The molecule has 0 saturated heterocycles. The Morgan fingerprint density at radius 3 is 2.00 bits per heavy atom. The smallest absolute Gasteiger partial charge is 0.341 e. The molecule has 0 rings (SSSR count). The van der Waals surface area contributed by atoms with Gasteiger partial charge in [0.1, 0.15) is 0 Å². The van der Waals surface area contributed by atoms with E-state index in [1.807, 2.05) is 0 Å². The van der Waals surface area contributed by atoms with Gasteiger partial charge in [0.05, 0.1) is 18.6 Å².